The normalized spacial score (nSPS) is 11.9. The molecule has 1 atom stereocenters. The summed E-state index contributed by atoms with van der Waals surface area (Å²) >= 11 is 1.35. The van der Waals surface area contributed by atoms with Gasteiger partial charge in [0, 0.05) is 63.3 Å². The van der Waals surface area contributed by atoms with Gasteiger partial charge in [0.2, 0.25) is 0 Å². The fraction of sp³-hybridized carbons (Fsp3) is 0.900. The van der Waals surface area contributed by atoms with Crippen LogP contribution in [0.5, 0.6) is 0 Å². The molecule has 0 spiro atoms. The summed E-state index contributed by atoms with van der Waals surface area (Å²) in [6.07, 6.45) is -0.961. The molecule has 13 N–H and O–H groups in total. The van der Waals surface area contributed by atoms with E-state index in [9.17, 15) is 14.7 Å². The van der Waals surface area contributed by atoms with Gasteiger partial charge in [-0.1, -0.05) is 0 Å². The zero-order chi connectivity index (χ0) is 28.4. The van der Waals surface area contributed by atoms with Crippen molar-refractivity contribution in [1.82, 2.24) is 10.2 Å². The Labute approximate surface area is 215 Å². The number of aliphatic hydroxyl groups is 10. The van der Waals surface area contributed by atoms with E-state index in [1.807, 2.05) is 5.32 Å². The average molecular weight is 552 g/mol. The smallest absolute Gasteiger partial charge is 0.309 e. The van der Waals surface area contributed by atoms with Gasteiger partial charge in [-0.15, -0.1) is 0 Å². The van der Waals surface area contributed by atoms with Crippen molar-refractivity contribution >= 4 is 23.6 Å². The third-order valence-corrected chi connectivity index (χ3v) is 5.90. The molecule has 0 saturated heterocycles. The number of hydrogen-bond donors (Lipinski definition) is 12. The number of carbonyl (C=O) groups is 2. The Balaban J connectivity index is -0.000000476. The highest BCUT2D eigenvalue weighted by Gasteiger charge is 2.35. The van der Waals surface area contributed by atoms with Crippen LogP contribution in [0, 0.1) is 0 Å². The number of aliphatic hydroxyl groups excluding tert-OH is 8. The number of carbonyl (C=O) groups excluding carboxylic acids is 2. The fourth-order valence-electron chi connectivity index (χ4n) is 2.68. The maximum Gasteiger partial charge on any atom is 0.309 e. The second kappa shape index (κ2) is 26.9. The van der Waals surface area contributed by atoms with Crippen molar-refractivity contribution in [1.29, 1.82) is 0 Å². The van der Waals surface area contributed by atoms with Crippen LogP contribution in [-0.4, -0.2) is 163 Å². The Morgan fingerprint density at radius 1 is 0.806 bits per heavy atom. The first-order valence-corrected chi connectivity index (χ1v) is 12.3. The predicted molar refractivity (Wildman–Crippen MR) is 132 cm³/mol. The minimum absolute atomic E-state index is 0.000918. The molecule has 218 valence electrons. The maximum atomic E-state index is 10.3. The molecule has 0 aliphatic heterocycles. The molecule has 0 aromatic carbocycles. The lowest BCUT2D eigenvalue weighted by Crippen LogP contribution is -2.43. The van der Waals surface area contributed by atoms with Crippen LogP contribution in [0.4, 0.5) is 0 Å². The number of nitrogens with one attached hydrogen (secondary N) is 1. The molecule has 0 fully saturated rings. The molecule has 16 heteroatoms. The first-order valence-electron chi connectivity index (χ1n) is 11.3. The van der Waals surface area contributed by atoms with Crippen LogP contribution >= 0.6 is 11.8 Å². The van der Waals surface area contributed by atoms with Crippen LogP contribution in [0.2, 0.25) is 0 Å². The summed E-state index contributed by atoms with van der Waals surface area (Å²) in [5, 5.41) is 89.2. The van der Waals surface area contributed by atoms with Crippen LogP contribution in [0.15, 0.2) is 0 Å². The molecule has 0 bridgehead atoms. The first kappa shape index (κ1) is 39.4. The lowest BCUT2D eigenvalue weighted by Gasteiger charge is -2.35. The highest BCUT2D eigenvalue weighted by molar-refractivity contribution is 8.00. The van der Waals surface area contributed by atoms with E-state index in [0.717, 1.165) is 0 Å². The average Bonchev–Trinajstić information content (AvgIpc) is 2.81. The van der Waals surface area contributed by atoms with E-state index in [1.54, 1.807) is 4.90 Å². The number of nitrogens with zero attached hydrogens (tertiary/aromatic N) is 1. The Hall–Kier alpha value is -1.15. The summed E-state index contributed by atoms with van der Waals surface area (Å²) < 4.78 is 0. The second-order valence-electron chi connectivity index (χ2n) is 7.21. The van der Waals surface area contributed by atoms with Crippen molar-refractivity contribution < 1.29 is 60.7 Å². The standard InChI is InChI=1S/C10H22O5S.C6H15NO3.C4H8N2O4/c11-4-1-9(16-8-7-14)10(15,2-5-12)3-6-13;8-4-1-7(2-5-9)3-6-10;5-3(9)4(10)6-1-2(7)8/h9,11-15H,1-8H2;8-10H,1-6H2;2,7-8H,1H2,(H2,5,9)(H,6,10). The van der Waals surface area contributed by atoms with Gasteiger partial charge in [-0.3, -0.25) is 14.5 Å². The van der Waals surface area contributed by atoms with Crippen LogP contribution in [0.3, 0.4) is 0 Å². The molecule has 2 amide bonds. The van der Waals surface area contributed by atoms with Gasteiger partial charge in [0.1, 0.15) is 0 Å². The molecular formula is C20H45N3O12S. The molecule has 1 unspecified atom stereocenters. The Kier molecular flexibility index (Phi) is 29.4. The van der Waals surface area contributed by atoms with Crippen molar-refractivity contribution in [3.05, 3.63) is 0 Å². The summed E-state index contributed by atoms with van der Waals surface area (Å²) in [5.74, 6) is -1.72. The van der Waals surface area contributed by atoms with E-state index in [-0.39, 0.29) is 64.3 Å². The van der Waals surface area contributed by atoms with Crippen LogP contribution in [-0.2, 0) is 9.59 Å². The molecule has 0 heterocycles. The molecule has 0 aliphatic carbocycles. The number of nitrogens with two attached hydrogens (primary N) is 1. The highest BCUT2D eigenvalue weighted by Crippen LogP contribution is 2.31. The zero-order valence-electron chi connectivity index (χ0n) is 20.5. The van der Waals surface area contributed by atoms with E-state index < -0.39 is 30.3 Å². The summed E-state index contributed by atoms with van der Waals surface area (Å²) in [5.41, 5.74) is 3.32. The molecule has 0 aliphatic rings. The number of hydrogen-bond acceptors (Lipinski definition) is 14. The van der Waals surface area contributed by atoms with Gasteiger partial charge in [-0.25, -0.2) is 0 Å². The summed E-state index contributed by atoms with van der Waals surface area (Å²) in [6, 6.07) is 0. The molecule has 0 saturated carbocycles. The minimum atomic E-state index is -1.66. The number of amides is 2. The number of thioether (sulfide) groups is 1. The van der Waals surface area contributed by atoms with Gasteiger partial charge in [-0.2, -0.15) is 11.8 Å². The van der Waals surface area contributed by atoms with E-state index >= 15 is 0 Å². The number of primary amides is 1. The zero-order valence-corrected chi connectivity index (χ0v) is 21.3. The topological polar surface area (TPSA) is 278 Å². The molecule has 0 radical (unpaired) electrons. The van der Waals surface area contributed by atoms with Gasteiger partial charge in [0.05, 0.1) is 38.6 Å². The Bertz CT molecular complexity index is 500. The molecular weight excluding hydrogens is 506 g/mol. The molecule has 15 nitrogen and oxygen atoms in total. The molecule has 0 aromatic rings. The van der Waals surface area contributed by atoms with Crippen LogP contribution < -0.4 is 11.1 Å². The van der Waals surface area contributed by atoms with Gasteiger partial charge in [0.15, 0.2) is 6.29 Å². The molecule has 0 rings (SSSR count). The molecule has 0 aromatic heterocycles. The lowest BCUT2D eigenvalue weighted by atomic mass is 9.90. The van der Waals surface area contributed by atoms with Crippen molar-refractivity contribution in [2.45, 2.75) is 36.4 Å². The largest absolute Gasteiger partial charge is 0.396 e. The second-order valence-corrected chi connectivity index (χ2v) is 8.52. The molecule has 36 heavy (non-hydrogen) atoms. The van der Waals surface area contributed by atoms with Crippen LogP contribution in [0.25, 0.3) is 0 Å². The third kappa shape index (κ3) is 23.3. The third-order valence-electron chi connectivity index (χ3n) is 4.41. The first-order chi connectivity index (χ1) is 17.0. The predicted octanol–water partition coefficient (Wildman–Crippen LogP) is -5.88. The van der Waals surface area contributed by atoms with Crippen LogP contribution in [0.1, 0.15) is 19.3 Å². The number of rotatable bonds is 18. The summed E-state index contributed by atoms with van der Waals surface area (Å²) in [6.45, 7) is 0.949. The van der Waals surface area contributed by atoms with Crippen molar-refractivity contribution in [2.75, 3.05) is 78.2 Å². The quantitative estimate of drug-likeness (QED) is 0.0558. The van der Waals surface area contributed by atoms with Gasteiger partial charge < -0.3 is 62.1 Å². The Morgan fingerprint density at radius 2 is 1.28 bits per heavy atom. The maximum absolute atomic E-state index is 10.3. The monoisotopic (exact) mass is 551 g/mol. The highest BCUT2D eigenvalue weighted by atomic mass is 32.2. The van der Waals surface area contributed by atoms with Crippen molar-refractivity contribution in [2.24, 2.45) is 5.73 Å². The SMILES string of the molecule is NC(=O)C(=O)NCC(O)O.OCCN(CCO)CCO.OCCSC(CCO)C(O)(CCO)CCO. The summed E-state index contributed by atoms with van der Waals surface area (Å²) in [7, 11) is 0. The van der Waals surface area contributed by atoms with Gasteiger partial charge in [0.25, 0.3) is 0 Å². The van der Waals surface area contributed by atoms with Crippen molar-refractivity contribution in [3.63, 3.8) is 0 Å². The van der Waals surface area contributed by atoms with E-state index in [0.29, 0.717) is 31.8 Å². The van der Waals surface area contributed by atoms with E-state index in [1.165, 1.54) is 11.8 Å². The van der Waals surface area contributed by atoms with Gasteiger partial charge >= 0.3 is 11.8 Å². The minimum Gasteiger partial charge on any atom is -0.396 e. The summed E-state index contributed by atoms with van der Waals surface area (Å²) in [4.78, 5) is 22.0. The van der Waals surface area contributed by atoms with E-state index in [2.05, 4.69) is 5.73 Å². The fourth-order valence-corrected chi connectivity index (χ4v) is 3.89. The Morgan fingerprint density at radius 3 is 1.58 bits per heavy atom. The van der Waals surface area contributed by atoms with E-state index in [4.69, 9.17) is 46.0 Å². The van der Waals surface area contributed by atoms with Crippen molar-refractivity contribution in [3.8, 4) is 0 Å². The lowest BCUT2D eigenvalue weighted by molar-refractivity contribution is -0.138. The van der Waals surface area contributed by atoms with Gasteiger partial charge in [-0.05, 0) is 6.42 Å².